The molecule has 2 aromatic carbocycles. The Morgan fingerprint density at radius 1 is 1.12 bits per heavy atom. The van der Waals surface area contributed by atoms with Crippen LogP contribution in [0.2, 0.25) is 0 Å². The van der Waals surface area contributed by atoms with Crippen molar-refractivity contribution in [3.63, 3.8) is 0 Å². The molecule has 126 valence electrons. The first-order chi connectivity index (χ1) is 11.7. The molecule has 2 unspecified atom stereocenters. The summed E-state index contributed by atoms with van der Waals surface area (Å²) in [6.45, 7) is 5.34. The van der Waals surface area contributed by atoms with Crippen molar-refractivity contribution in [1.82, 2.24) is 4.90 Å². The molecule has 1 amide bonds. The lowest BCUT2D eigenvalue weighted by molar-refractivity contribution is -0.0444. The number of carbonyl (C=O) groups is 1. The van der Waals surface area contributed by atoms with Crippen LogP contribution in [0.3, 0.4) is 0 Å². The van der Waals surface area contributed by atoms with Crippen molar-refractivity contribution in [2.24, 2.45) is 0 Å². The normalized spacial score (nSPS) is 20.7. The second kappa shape index (κ2) is 7.49. The molecule has 1 aliphatic rings. The summed E-state index contributed by atoms with van der Waals surface area (Å²) in [7, 11) is 0. The highest BCUT2D eigenvalue weighted by Crippen LogP contribution is 2.23. The van der Waals surface area contributed by atoms with Gasteiger partial charge in [-0.2, -0.15) is 0 Å². The highest BCUT2D eigenvalue weighted by Gasteiger charge is 2.29. The molecular formula is C20H23NO3. The lowest BCUT2D eigenvalue weighted by atomic mass is 10.1. The molecule has 0 aromatic heterocycles. The number of para-hydroxylation sites is 1. The number of hydrogen-bond acceptors (Lipinski definition) is 3. The molecule has 2 atom stereocenters. The summed E-state index contributed by atoms with van der Waals surface area (Å²) < 4.78 is 11.4. The van der Waals surface area contributed by atoms with Gasteiger partial charge >= 0.3 is 0 Å². The highest BCUT2D eigenvalue weighted by molar-refractivity contribution is 5.94. The van der Waals surface area contributed by atoms with Crippen LogP contribution in [-0.4, -0.2) is 36.1 Å². The summed E-state index contributed by atoms with van der Waals surface area (Å²) >= 11 is 0. The van der Waals surface area contributed by atoms with E-state index in [1.165, 1.54) is 0 Å². The molecule has 1 saturated heterocycles. The van der Waals surface area contributed by atoms with E-state index in [-0.39, 0.29) is 18.1 Å². The van der Waals surface area contributed by atoms with Gasteiger partial charge in [-0.1, -0.05) is 25.1 Å². The number of benzene rings is 2. The van der Waals surface area contributed by atoms with Crippen LogP contribution in [0.15, 0.2) is 54.6 Å². The van der Waals surface area contributed by atoms with Crippen LogP contribution in [0.1, 0.15) is 30.6 Å². The molecule has 1 aliphatic heterocycles. The minimum atomic E-state index is 0.0586. The summed E-state index contributed by atoms with van der Waals surface area (Å²) in [5.74, 6) is 1.56. The van der Waals surface area contributed by atoms with Gasteiger partial charge < -0.3 is 14.4 Å². The molecule has 4 heteroatoms. The fourth-order valence-electron chi connectivity index (χ4n) is 2.89. The number of ether oxygens (including phenoxy) is 2. The van der Waals surface area contributed by atoms with E-state index < -0.39 is 0 Å². The predicted molar refractivity (Wildman–Crippen MR) is 93.5 cm³/mol. The van der Waals surface area contributed by atoms with Gasteiger partial charge in [0.2, 0.25) is 0 Å². The second-order valence-corrected chi connectivity index (χ2v) is 6.10. The molecule has 0 saturated carbocycles. The van der Waals surface area contributed by atoms with Crippen molar-refractivity contribution in [3.8, 4) is 11.5 Å². The van der Waals surface area contributed by atoms with Crippen LogP contribution >= 0.6 is 0 Å². The Kier molecular flexibility index (Phi) is 5.16. The fraction of sp³-hybridized carbons (Fsp3) is 0.350. The molecule has 24 heavy (non-hydrogen) atoms. The largest absolute Gasteiger partial charge is 0.457 e. The summed E-state index contributed by atoms with van der Waals surface area (Å²) in [4.78, 5) is 14.7. The van der Waals surface area contributed by atoms with Gasteiger partial charge in [0.1, 0.15) is 11.5 Å². The minimum Gasteiger partial charge on any atom is -0.457 e. The van der Waals surface area contributed by atoms with Gasteiger partial charge in [0, 0.05) is 12.1 Å². The van der Waals surface area contributed by atoms with Crippen LogP contribution in [-0.2, 0) is 4.74 Å². The number of morpholine rings is 1. The molecule has 0 radical (unpaired) electrons. The summed E-state index contributed by atoms with van der Waals surface area (Å²) in [5, 5.41) is 0. The van der Waals surface area contributed by atoms with Gasteiger partial charge in [0.05, 0.1) is 18.8 Å². The van der Waals surface area contributed by atoms with E-state index in [1.54, 1.807) is 0 Å². The Hall–Kier alpha value is -2.33. The van der Waals surface area contributed by atoms with Crippen molar-refractivity contribution in [3.05, 3.63) is 60.2 Å². The topological polar surface area (TPSA) is 38.8 Å². The Bertz CT molecular complexity index is 669. The smallest absolute Gasteiger partial charge is 0.254 e. The first kappa shape index (κ1) is 16.5. The highest BCUT2D eigenvalue weighted by atomic mass is 16.5. The maximum Gasteiger partial charge on any atom is 0.254 e. The molecule has 0 N–H and O–H groups in total. The Labute approximate surface area is 143 Å². The van der Waals surface area contributed by atoms with Gasteiger partial charge in [-0.05, 0) is 49.7 Å². The number of amides is 1. The minimum absolute atomic E-state index is 0.0586. The van der Waals surface area contributed by atoms with Crippen molar-refractivity contribution in [1.29, 1.82) is 0 Å². The molecular weight excluding hydrogens is 302 g/mol. The van der Waals surface area contributed by atoms with Crippen LogP contribution < -0.4 is 4.74 Å². The monoisotopic (exact) mass is 325 g/mol. The van der Waals surface area contributed by atoms with Gasteiger partial charge in [0.15, 0.2) is 0 Å². The number of nitrogens with zero attached hydrogens (tertiary/aromatic N) is 1. The molecule has 0 spiro atoms. The molecule has 1 heterocycles. The quantitative estimate of drug-likeness (QED) is 0.849. The third-order valence-electron chi connectivity index (χ3n) is 4.28. The van der Waals surface area contributed by atoms with Gasteiger partial charge in [-0.25, -0.2) is 0 Å². The zero-order valence-corrected chi connectivity index (χ0v) is 14.1. The van der Waals surface area contributed by atoms with E-state index in [4.69, 9.17) is 9.47 Å². The lowest BCUT2D eigenvalue weighted by Crippen LogP contribution is -2.51. The average Bonchev–Trinajstić information content (AvgIpc) is 2.62. The summed E-state index contributed by atoms with van der Waals surface area (Å²) in [6, 6.07) is 17.1. The zero-order chi connectivity index (χ0) is 16.9. The first-order valence-electron chi connectivity index (χ1n) is 8.43. The van der Waals surface area contributed by atoms with Crippen molar-refractivity contribution in [2.75, 3.05) is 13.2 Å². The van der Waals surface area contributed by atoms with Gasteiger partial charge in [0.25, 0.3) is 5.91 Å². The molecule has 0 bridgehead atoms. The number of rotatable bonds is 4. The molecule has 0 aliphatic carbocycles. The van der Waals surface area contributed by atoms with Crippen LogP contribution in [0.25, 0.3) is 0 Å². The number of carbonyl (C=O) groups excluding carboxylic acids is 1. The van der Waals surface area contributed by atoms with Crippen LogP contribution in [0.4, 0.5) is 0 Å². The lowest BCUT2D eigenvalue weighted by Gasteiger charge is -2.38. The van der Waals surface area contributed by atoms with E-state index in [1.807, 2.05) is 66.4 Å². The Morgan fingerprint density at radius 3 is 2.46 bits per heavy atom. The summed E-state index contributed by atoms with van der Waals surface area (Å²) in [6.07, 6.45) is 0.977. The van der Waals surface area contributed by atoms with Crippen molar-refractivity contribution >= 4 is 5.91 Å². The van der Waals surface area contributed by atoms with E-state index in [2.05, 4.69) is 6.92 Å². The van der Waals surface area contributed by atoms with Gasteiger partial charge in [-0.3, -0.25) is 4.79 Å². The molecule has 2 aromatic rings. The molecule has 1 fully saturated rings. The van der Waals surface area contributed by atoms with Crippen molar-refractivity contribution in [2.45, 2.75) is 32.4 Å². The first-order valence-corrected chi connectivity index (χ1v) is 8.43. The molecule has 4 nitrogen and oxygen atoms in total. The van der Waals surface area contributed by atoms with E-state index in [0.717, 1.165) is 17.9 Å². The maximum absolute atomic E-state index is 12.8. The standard InChI is InChI=1S/C20H23NO3/c1-3-17-14-23-15(2)13-21(17)20(22)16-9-11-19(12-10-16)24-18-7-5-4-6-8-18/h4-12,15,17H,3,13-14H2,1-2H3. The fourth-order valence-corrected chi connectivity index (χ4v) is 2.89. The third-order valence-corrected chi connectivity index (χ3v) is 4.28. The van der Waals surface area contributed by atoms with E-state index in [9.17, 15) is 4.79 Å². The number of hydrogen-bond donors (Lipinski definition) is 0. The Morgan fingerprint density at radius 2 is 1.79 bits per heavy atom. The molecule has 3 rings (SSSR count). The Balaban J connectivity index is 1.71. The van der Waals surface area contributed by atoms with E-state index >= 15 is 0 Å². The SMILES string of the molecule is CCC1COC(C)CN1C(=O)c1ccc(Oc2ccccc2)cc1. The summed E-state index contributed by atoms with van der Waals surface area (Å²) in [5.41, 5.74) is 0.683. The van der Waals surface area contributed by atoms with Crippen molar-refractivity contribution < 1.29 is 14.3 Å². The third kappa shape index (κ3) is 3.77. The van der Waals surface area contributed by atoms with Crippen LogP contribution in [0.5, 0.6) is 11.5 Å². The van der Waals surface area contributed by atoms with E-state index in [0.29, 0.717) is 18.7 Å². The average molecular weight is 325 g/mol. The predicted octanol–water partition coefficient (Wildman–Crippen LogP) is 4.12. The zero-order valence-electron chi connectivity index (χ0n) is 14.1. The second-order valence-electron chi connectivity index (χ2n) is 6.10. The van der Waals surface area contributed by atoms with Crippen LogP contribution in [0, 0.1) is 0 Å². The maximum atomic E-state index is 12.8. The van der Waals surface area contributed by atoms with Gasteiger partial charge in [-0.15, -0.1) is 0 Å².